The van der Waals surface area contributed by atoms with Gasteiger partial charge in [0.15, 0.2) is 0 Å². The van der Waals surface area contributed by atoms with E-state index in [1.54, 1.807) is 0 Å². The van der Waals surface area contributed by atoms with E-state index in [1.807, 2.05) is 68.4 Å². The molecule has 22 heavy (non-hydrogen) atoms. The molecule has 1 heterocycles. The highest BCUT2D eigenvalue weighted by Gasteiger charge is 2.29. The summed E-state index contributed by atoms with van der Waals surface area (Å²) in [7, 11) is 3.77. The molecule has 1 amide bonds. The Morgan fingerprint density at radius 3 is 2.64 bits per heavy atom. The number of para-hydroxylation sites is 2. The first-order chi connectivity index (χ1) is 10.6. The van der Waals surface area contributed by atoms with Crippen LogP contribution in [0.5, 0.6) is 11.5 Å². The summed E-state index contributed by atoms with van der Waals surface area (Å²) in [6, 6.07) is 13.7. The van der Waals surface area contributed by atoms with E-state index in [0.29, 0.717) is 6.54 Å². The molecule has 1 unspecified atom stereocenters. The zero-order valence-corrected chi connectivity index (χ0v) is 13.1. The van der Waals surface area contributed by atoms with Crippen LogP contribution < -0.4 is 10.1 Å². The van der Waals surface area contributed by atoms with E-state index in [-0.39, 0.29) is 11.9 Å². The van der Waals surface area contributed by atoms with E-state index in [9.17, 15) is 4.79 Å². The van der Waals surface area contributed by atoms with Gasteiger partial charge in [-0.1, -0.05) is 36.4 Å². The van der Waals surface area contributed by atoms with Crippen molar-refractivity contribution < 1.29 is 9.53 Å². The lowest BCUT2D eigenvalue weighted by Crippen LogP contribution is -2.37. The van der Waals surface area contributed by atoms with Crippen LogP contribution in [0.4, 0.5) is 0 Å². The van der Waals surface area contributed by atoms with Gasteiger partial charge in [0.2, 0.25) is 5.91 Å². The summed E-state index contributed by atoms with van der Waals surface area (Å²) in [5, 5.41) is 3.13. The Morgan fingerprint density at radius 1 is 1.14 bits per heavy atom. The molecule has 0 fully saturated rings. The molecule has 0 aromatic heterocycles. The van der Waals surface area contributed by atoms with Crippen molar-refractivity contribution in [3.63, 3.8) is 0 Å². The van der Waals surface area contributed by atoms with Crippen LogP contribution in [-0.2, 0) is 4.79 Å². The monoisotopic (exact) mass is 296 g/mol. The van der Waals surface area contributed by atoms with E-state index < -0.39 is 0 Å². The number of aryl methyl sites for hydroxylation is 1. The molecular weight excluding hydrogens is 276 g/mol. The minimum Gasteiger partial charge on any atom is -0.456 e. The molecule has 4 heteroatoms. The summed E-state index contributed by atoms with van der Waals surface area (Å²) in [5.74, 6) is 1.65. The Morgan fingerprint density at radius 2 is 1.86 bits per heavy atom. The number of carbonyl (C=O) groups excluding carboxylic acids is 1. The Bertz CT molecular complexity index is 710. The van der Waals surface area contributed by atoms with Crippen molar-refractivity contribution in [2.24, 2.45) is 0 Å². The van der Waals surface area contributed by atoms with Gasteiger partial charge in [0.05, 0.1) is 12.6 Å². The molecule has 0 radical (unpaired) electrons. The zero-order valence-electron chi connectivity index (χ0n) is 13.1. The number of carbonyl (C=O) groups is 1. The number of hydrogen-bond donors (Lipinski definition) is 1. The van der Waals surface area contributed by atoms with Gasteiger partial charge >= 0.3 is 0 Å². The standard InChI is InChI=1S/C18H20N2O2/c1-12-7-6-9-14-17(19-16(21)11-20(2)3)13-8-4-5-10-15(13)22-18(12)14/h4-10,17H,11H2,1-3H3,(H,19,21). The fourth-order valence-corrected chi connectivity index (χ4v) is 2.78. The van der Waals surface area contributed by atoms with Gasteiger partial charge in [-0.15, -0.1) is 0 Å². The molecule has 1 atom stereocenters. The van der Waals surface area contributed by atoms with Gasteiger partial charge in [-0.2, -0.15) is 0 Å². The van der Waals surface area contributed by atoms with Gasteiger partial charge in [0.1, 0.15) is 11.5 Å². The highest BCUT2D eigenvalue weighted by atomic mass is 16.5. The second-order valence-corrected chi connectivity index (χ2v) is 5.87. The molecule has 0 saturated heterocycles. The number of fused-ring (bicyclic) bond motifs is 2. The number of rotatable bonds is 3. The summed E-state index contributed by atoms with van der Waals surface area (Å²) < 4.78 is 6.04. The van der Waals surface area contributed by atoms with Crippen LogP contribution in [0.25, 0.3) is 0 Å². The SMILES string of the molecule is Cc1cccc2c1Oc1ccccc1C2NC(=O)CN(C)C. The minimum absolute atomic E-state index is 0.000779. The van der Waals surface area contributed by atoms with Crippen LogP contribution in [-0.4, -0.2) is 31.4 Å². The maximum absolute atomic E-state index is 12.2. The van der Waals surface area contributed by atoms with Gasteiger partial charge in [0.25, 0.3) is 0 Å². The second kappa shape index (κ2) is 5.81. The van der Waals surface area contributed by atoms with Crippen molar-refractivity contribution in [1.82, 2.24) is 10.2 Å². The molecular formula is C18H20N2O2. The Kier molecular flexibility index (Phi) is 3.86. The first-order valence-electron chi connectivity index (χ1n) is 7.36. The van der Waals surface area contributed by atoms with Crippen molar-refractivity contribution in [3.05, 3.63) is 59.2 Å². The average Bonchev–Trinajstić information content (AvgIpc) is 2.47. The number of ether oxygens (including phenoxy) is 1. The molecule has 1 aliphatic heterocycles. The molecule has 0 aliphatic carbocycles. The van der Waals surface area contributed by atoms with E-state index in [1.165, 1.54) is 0 Å². The fraction of sp³-hybridized carbons (Fsp3) is 0.278. The Labute approximate surface area is 130 Å². The minimum atomic E-state index is -0.174. The molecule has 0 saturated carbocycles. The van der Waals surface area contributed by atoms with Gasteiger partial charge in [-0.05, 0) is 32.6 Å². The number of nitrogens with zero attached hydrogens (tertiary/aromatic N) is 1. The van der Waals surface area contributed by atoms with Crippen LogP contribution in [0.3, 0.4) is 0 Å². The Balaban J connectivity index is 2.01. The molecule has 1 aliphatic rings. The largest absolute Gasteiger partial charge is 0.456 e. The third kappa shape index (κ3) is 2.70. The fourth-order valence-electron chi connectivity index (χ4n) is 2.78. The summed E-state index contributed by atoms with van der Waals surface area (Å²) >= 11 is 0. The van der Waals surface area contributed by atoms with Crippen molar-refractivity contribution in [2.45, 2.75) is 13.0 Å². The van der Waals surface area contributed by atoms with Crippen LogP contribution in [0, 0.1) is 6.92 Å². The van der Waals surface area contributed by atoms with Gasteiger partial charge in [-0.3, -0.25) is 4.79 Å². The number of hydrogen-bond acceptors (Lipinski definition) is 3. The van der Waals surface area contributed by atoms with Crippen molar-refractivity contribution in [1.29, 1.82) is 0 Å². The molecule has 3 rings (SSSR count). The van der Waals surface area contributed by atoms with Gasteiger partial charge in [-0.25, -0.2) is 0 Å². The number of amides is 1. The zero-order chi connectivity index (χ0) is 15.7. The quantitative estimate of drug-likeness (QED) is 0.947. The summed E-state index contributed by atoms with van der Waals surface area (Å²) in [6.45, 7) is 2.38. The third-order valence-corrected chi connectivity index (χ3v) is 3.76. The highest BCUT2D eigenvalue weighted by molar-refractivity contribution is 5.79. The van der Waals surface area contributed by atoms with Crippen LogP contribution in [0.1, 0.15) is 22.7 Å². The molecule has 0 bridgehead atoms. The van der Waals surface area contributed by atoms with Crippen LogP contribution in [0.15, 0.2) is 42.5 Å². The van der Waals surface area contributed by atoms with E-state index >= 15 is 0 Å². The first-order valence-corrected chi connectivity index (χ1v) is 7.36. The summed E-state index contributed by atoms with van der Waals surface area (Å²) in [4.78, 5) is 14.1. The molecule has 0 spiro atoms. The van der Waals surface area contributed by atoms with Gasteiger partial charge in [0, 0.05) is 11.1 Å². The van der Waals surface area contributed by atoms with E-state index in [2.05, 4.69) is 5.32 Å². The average molecular weight is 296 g/mol. The summed E-state index contributed by atoms with van der Waals surface area (Å²) in [5.41, 5.74) is 3.07. The predicted octanol–water partition coefficient (Wildman–Crippen LogP) is 2.87. The molecule has 1 N–H and O–H groups in total. The maximum atomic E-state index is 12.2. The number of nitrogens with one attached hydrogen (secondary N) is 1. The lowest BCUT2D eigenvalue weighted by molar-refractivity contribution is -0.122. The molecule has 114 valence electrons. The lowest BCUT2D eigenvalue weighted by Gasteiger charge is -2.30. The normalized spacial score (nSPS) is 15.7. The van der Waals surface area contributed by atoms with Gasteiger partial charge < -0.3 is 15.0 Å². The second-order valence-electron chi connectivity index (χ2n) is 5.87. The van der Waals surface area contributed by atoms with Crippen LogP contribution in [0.2, 0.25) is 0 Å². The maximum Gasteiger partial charge on any atom is 0.234 e. The molecule has 4 nitrogen and oxygen atoms in total. The number of benzene rings is 2. The van der Waals surface area contributed by atoms with Crippen molar-refractivity contribution in [3.8, 4) is 11.5 Å². The summed E-state index contributed by atoms with van der Waals surface area (Å²) in [6.07, 6.45) is 0. The van der Waals surface area contributed by atoms with Crippen molar-refractivity contribution >= 4 is 5.91 Å². The predicted molar refractivity (Wildman–Crippen MR) is 86.2 cm³/mol. The van der Waals surface area contributed by atoms with Crippen molar-refractivity contribution in [2.75, 3.05) is 20.6 Å². The topological polar surface area (TPSA) is 41.6 Å². The van der Waals surface area contributed by atoms with Crippen LogP contribution >= 0.6 is 0 Å². The number of likely N-dealkylation sites (N-methyl/N-ethyl adjacent to an activating group) is 1. The highest BCUT2D eigenvalue weighted by Crippen LogP contribution is 2.44. The molecule has 2 aromatic rings. The lowest BCUT2D eigenvalue weighted by atomic mass is 9.93. The van der Waals surface area contributed by atoms with E-state index in [4.69, 9.17) is 4.74 Å². The first kappa shape index (κ1) is 14.6. The smallest absolute Gasteiger partial charge is 0.234 e. The molecule has 2 aromatic carbocycles. The third-order valence-electron chi connectivity index (χ3n) is 3.76. The van der Waals surface area contributed by atoms with E-state index in [0.717, 1.165) is 28.2 Å². The Hall–Kier alpha value is -2.33.